The Morgan fingerprint density at radius 1 is 1.03 bits per heavy atom. The minimum atomic E-state index is -3.69. The summed E-state index contributed by atoms with van der Waals surface area (Å²) < 4.78 is 32.6. The molecule has 2 aromatic carbocycles. The summed E-state index contributed by atoms with van der Waals surface area (Å²) in [6.45, 7) is 2.66. The highest BCUT2D eigenvalue weighted by molar-refractivity contribution is 7.89. The molecule has 1 saturated heterocycles. The molecular formula is C20H23N3O5S. The van der Waals surface area contributed by atoms with Crippen molar-refractivity contribution in [3.8, 4) is 0 Å². The molecule has 1 heterocycles. The van der Waals surface area contributed by atoms with Crippen LogP contribution in [0.1, 0.15) is 39.1 Å². The minimum absolute atomic E-state index is 0.0518. The Morgan fingerprint density at radius 3 is 2.38 bits per heavy atom. The third kappa shape index (κ3) is 5.41. The molecule has 0 saturated carbocycles. The number of aryl methyl sites for hydroxylation is 1. The van der Waals surface area contributed by atoms with Gasteiger partial charge in [0.05, 0.1) is 11.0 Å². The van der Waals surface area contributed by atoms with Crippen molar-refractivity contribution < 1.29 is 22.7 Å². The molecule has 3 rings (SSSR count). The Kier molecular flexibility index (Phi) is 6.63. The predicted octanol–water partition coefficient (Wildman–Crippen LogP) is 1.53. The van der Waals surface area contributed by atoms with Crippen molar-refractivity contribution in [1.82, 2.24) is 15.6 Å². The van der Waals surface area contributed by atoms with Crippen LogP contribution in [0.5, 0.6) is 0 Å². The van der Waals surface area contributed by atoms with E-state index in [1.807, 2.05) is 6.07 Å². The second kappa shape index (κ2) is 9.17. The number of hydrogen-bond acceptors (Lipinski definition) is 5. The number of carbonyl (C=O) groups is 2. The van der Waals surface area contributed by atoms with Gasteiger partial charge in [-0.15, -0.1) is 0 Å². The zero-order chi connectivity index (χ0) is 20.9. The maximum Gasteiger partial charge on any atom is 0.269 e. The van der Waals surface area contributed by atoms with Crippen LogP contribution in [-0.4, -0.2) is 39.5 Å². The van der Waals surface area contributed by atoms with Gasteiger partial charge in [-0.05, 0) is 55.7 Å². The average Bonchev–Trinajstić information content (AvgIpc) is 3.24. The molecule has 1 unspecified atom stereocenters. The zero-order valence-corrected chi connectivity index (χ0v) is 16.8. The quantitative estimate of drug-likeness (QED) is 0.617. The summed E-state index contributed by atoms with van der Waals surface area (Å²) in [6, 6.07) is 12.5. The minimum Gasteiger partial charge on any atom is -0.377 e. The number of hydrazine groups is 1. The van der Waals surface area contributed by atoms with Crippen LogP contribution in [0.3, 0.4) is 0 Å². The van der Waals surface area contributed by atoms with Crippen molar-refractivity contribution in [3.63, 3.8) is 0 Å². The van der Waals surface area contributed by atoms with Gasteiger partial charge in [0, 0.05) is 24.3 Å². The van der Waals surface area contributed by atoms with Gasteiger partial charge in [0.15, 0.2) is 0 Å². The van der Waals surface area contributed by atoms with Crippen LogP contribution in [0.4, 0.5) is 0 Å². The number of hydrogen-bond donors (Lipinski definition) is 3. The fraction of sp³-hybridized carbons (Fsp3) is 0.300. The Morgan fingerprint density at radius 2 is 1.72 bits per heavy atom. The number of ether oxygens (including phenoxy) is 1. The van der Waals surface area contributed by atoms with E-state index in [-0.39, 0.29) is 23.1 Å². The van der Waals surface area contributed by atoms with Gasteiger partial charge in [-0.3, -0.25) is 20.4 Å². The van der Waals surface area contributed by atoms with E-state index in [0.717, 1.165) is 18.4 Å². The smallest absolute Gasteiger partial charge is 0.269 e. The number of amides is 2. The Balaban J connectivity index is 1.56. The van der Waals surface area contributed by atoms with Gasteiger partial charge in [-0.25, -0.2) is 13.1 Å². The summed E-state index contributed by atoms with van der Waals surface area (Å²) in [4.78, 5) is 24.4. The van der Waals surface area contributed by atoms with Crippen molar-refractivity contribution in [2.75, 3.05) is 13.2 Å². The summed E-state index contributed by atoms with van der Waals surface area (Å²) >= 11 is 0. The first kappa shape index (κ1) is 21.0. The third-order valence-electron chi connectivity index (χ3n) is 4.63. The van der Waals surface area contributed by atoms with E-state index >= 15 is 0 Å². The Bertz CT molecular complexity index is 983. The van der Waals surface area contributed by atoms with Gasteiger partial charge in [0.2, 0.25) is 10.0 Å². The monoisotopic (exact) mass is 417 g/mol. The molecule has 0 aromatic heterocycles. The molecule has 1 fully saturated rings. The lowest BCUT2D eigenvalue weighted by atomic mass is 10.1. The van der Waals surface area contributed by atoms with E-state index in [0.29, 0.717) is 12.2 Å². The van der Waals surface area contributed by atoms with Gasteiger partial charge >= 0.3 is 0 Å². The summed E-state index contributed by atoms with van der Waals surface area (Å²) in [5, 5.41) is 0. The topological polar surface area (TPSA) is 114 Å². The first-order chi connectivity index (χ1) is 13.9. The lowest BCUT2D eigenvalue weighted by Gasteiger charge is -2.12. The molecule has 0 aliphatic carbocycles. The standard InChI is InChI=1S/C20H23N3O5S/c1-14-5-2-3-7-18(14)20(25)23-22-19(24)15-8-10-17(11-9-15)29(26,27)21-13-16-6-4-12-28-16/h2-3,5,7-11,16,21H,4,6,12-13H2,1H3,(H,22,24)(H,23,25). The highest BCUT2D eigenvalue weighted by atomic mass is 32.2. The predicted molar refractivity (Wildman–Crippen MR) is 107 cm³/mol. The van der Waals surface area contributed by atoms with Crippen LogP contribution < -0.4 is 15.6 Å². The lowest BCUT2D eigenvalue weighted by molar-refractivity contribution is 0.0846. The highest BCUT2D eigenvalue weighted by Gasteiger charge is 2.20. The van der Waals surface area contributed by atoms with E-state index < -0.39 is 21.8 Å². The summed E-state index contributed by atoms with van der Waals surface area (Å²) in [5.41, 5.74) is 6.12. The van der Waals surface area contributed by atoms with E-state index in [1.54, 1.807) is 25.1 Å². The van der Waals surface area contributed by atoms with Crippen molar-refractivity contribution in [2.45, 2.75) is 30.8 Å². The van der Waals surface area contributed by atoms with Crippen LogP contribution in [-0.2, 0) is 14.8 Å². The molecule has 0 spiro atoms. The van der Waals surface area contributed by atoms with Gasteiger partial charge in [0.1, 0.15) is 0 Å². The molecule has 3 N–H and O–H groups in total. The van der Waals surface area contributed by atoms with Gasteiger partial charge in [0.25, 0.3) is 11.8 Å². The van der Waals surface area contributed by atoms with Crippen molar-refractivity contribution >= 4 is 21.8 Å². The molecule has 154 valence electrons. The van der Waals surface area contributed by atoms with Crippen LogP contribution in [0.25, 0.3) is 0 Å². The summed E-state index contributed by atoms with van der Waals surface area (Å²) in [7, 11) is -3.69. The van der Waals surface area contributed by atoms with E-state index in [2.05, 4.69) is 15.6 Å². The Hall–Kier alpha value is -2.75. The second-order valence-corrected chi connectivity index (χ2v) is 8.50. The molecule has 2 amide bonds. The largest absolute Gasteiger partial charge is 0.377 e. The number of benzene rings is 2. The maximum absolute atomic E-state index is 12.3. The van der Waals surface area contributed by atoms with Crippen LogP contribution in [0, 0.1) is 6.92 Å². The molecule has 1 aliphatic rings. The van der Waals surface area contributed by atoms with Crippen LogP contribution in [0.2, 0.25) is 0 Å². The third-order valence-corrected chi connectivity index (χ3v) is 6.07. The zero-order valence-electron chi connectivity index (χ0n) is 16.0. The van der Waals surface area contributed by atoms with Crippen molar-refractivity contribution in [2.24, 2.45) is 0 Å². The molecule has 2 aromatic rings. The molecule has 29 heavy (non-hydrogen) atoms. The fourth-order valence-electron chi connectivity index (χ4n) is 2.96. The summed E-state index contributed by atoms with van der Waals surface area (Å²) in [6.07, 6.45) is 1.65. The number of rotatable bonds is 6. The van der Waals surface area contributed by atoms with E-state index in [1.165, 1.54) is 24.3 Å². The first-order valence-electron chi connectivity index (χ1n) is 9.24. The molecule has 0 radical (unpaired) electrons. The SMILES string of the molecule is Cc1ccccc1C(=O)NNC(=O)c1ccc(S(=O)(=O)NCC2CCCO2)cc1. The maximum atomic E-state index is 12.3. The number of sulfonamides is 1. The normalized spacial score (nSPS) is 16.4. The number of carbonyl (C=O) groups excluding carboxylic acids is 2. The van der Waals surface area contributed by atoms with Crippen molar-refractivity contribution in [3.05, 3.63) is 65.2 Å². The molecule has 1 aliphatic heterocycles. The first-order valence-corrected chi connectivity index (χ1v) is 10.7. The van der Waals surface area contributed by atoms with Gasteiger partial charge in [-0.1, -0.05) is 18.2 Å². The van der Waals surface area contributed by atoms with Crippen molar-refractivity contribution in [1.29, 1.82) is 0 Å². The lowest BCUT2D eigenvalue weighted by Crippen LogP contribution is -2.41. The molecular weight excluding hydrogens is 394 g/mol. The number of nitrogens with one attached hydrogen (secondary N) is 3. The van der Waals surface area contributed by atoms with E-state index in [9.17, 15) is 18.0 Å². The molecule has 0 bridgehead atoms. The Labute approximate surface area is 169 Å². The summed E-state index contributed by atoms with van der Waals surface area (Å²) in [5.74, 6) is -0.989. The molecule has 1 atom stereocenters. The second-order valence-electron chi connectivity index (χ2n) is 6.73. The van der Waals surface area contributed by atoms with Crippen LogP contribution >= 0.6 is 0 Å². The molecule has 9 heteroatoms. The van der Waals surface area contributed by atoms with Crippen LogP contribution in [0.15, 0.2) is 53.4 Å². The molecule has 8 nitrogen and oxygen atoms in total. The highest BCUT2D eigenvalue weighted by Crippen LogP contribution is 2.14. The van der Waals surface area contributed by atoms with E-state index in [4.69, 9.17) is 4.74 Å². The van der Waals surface area contributed by atoms with Gasteiger partial charge < -0.3 is 4.74 Å². The average molecular weight is 417 g/mol. The fourth-order valence-corrected chi connectivity index (χ4v) is 4.02. The van der Waals surface area contributed by atoms with Gasteiger partial charge in [-0.2, -0.15) is 0 Å².